The van der Waals surface area contributed by atoms with E-state index in [0.717, 1.165) is 5.75 Å². The van der Waals surface area contributed by atoms with E-state index in [-0.39, 0.29) is 17.8 Å². The number of rotatable bonds is 6. The van der Waals surface area contributed by atoms with Crippen molar-refractivity contribution in [2.24, 2.45) is 11.0 Å². The Labute approximate surface area is 128 Å². The van der Waals surface area contributed by atoms with Crippen molar-refractivity contribution in [3.63, 3.8) is 0 Å². The average molecular weight is 306 g/mol. The lowest BCUT2D eigenvalue weighted by Gasteiger charge is -2.05. The van der Waals surface area contributed by atoms with E-state index in [0.29, 0.717) is 24.5 Å². The third-order valence-electron chi connectivity index (χ3n) is 3.14. The average Bonchev–Trinajstić information content (AvgIpc) is 2.92. The molecule has 1 saturated heterocycles. The van der Waals surface area contributed by atoms with Gasteiger partial charge in [0.25, 0.3) is 0 Å². The Morgan fingerprint density at radius 1 is 1.43 bits per heavy atom. The minimum atomic E-state index is -0.317. The van der Waals surface area contributed by atoms with Gasteiger partial charge in [0.1, 0.15) is 0 Å². The summed E-state index contributed by atoms with van der Waals surface area (Å²) in [5.41, 5.74) is 4.27. The Morgan fingerprint density at radius 2 is 2.19 bits per heavy atom. The van der Waals surface area contributed by atoms with E-state index in [1.807, 2.05) is 30.3 Å². The van der Waals surface area contributed by atoms with Crippen LogP contribution in [0.15, 0.2) is 35.4 Å². The van der Waals surface area contributed by atoms with Crippen LogP contribution < -0.4 is 5.43 Å². The summed E-state index contributed by atoms with van der Waals surface area (Å²) in [5, 5.41) is 3.99. The SMILES string of the molecule is C/C(=N/NC(=O)CSCc1ccccc1)[C@H]1CCOC1=O. The topological polar surface area (TPSA) is 67.8 Å². The first kappa shape index (κ1) is 15.6. The number of benzene rings is 1. The molecule has 0 aromatic heterocycles. The van der Waals surface area contributed by atoms with Gasteiger partial charge < -0.3 is 4.74 Å². The fraction of sp³-hybridized carbons (Fsp3) is 0.400. The van der Waals surface area contributed by atoms with Gasteiger partial charge in [0.05, 0.1) is 18.3 Å². The van der Waals surface area contributed by atoms with E-state index in [9.17, 15) is 9.59 Å². The number of ether oxygens (including phenoxy) is 1. The second-order valence-corrected chi connectivity index (χ2v) is 5.76. The molecule has 0 aliphatic carbocycles. The first-order valence-corrected chi connectivity index (χ1v) is 7.93. The van der Waals surface area contributed by atoms with Crippen LogP contribution in [0.3, 0.4) is 0 Å². The van der Waals surface area contributed by atoms with Crippen molar-refractivity contribution < 1.29 is 14.3 Å². The van der Waals surface area contributed by atoms with Crippen LogP contribution in [0.25, 0.3) is 0 Å². The maximum Gasteiger partial charge on any atom is 0.314 e. The smallest absolute Gasteiger partial charge is 0.314 e. The fourth-order valence-corrected chi connectivity index (χ4v) is 2.75. The molecule has 0 radical (unpaired) electrons. The number of nitrogens with zero attached hydrogens (tertiary/aromatic N) is 1. The molecule has 0 saturated carbocycles. The van der Waals surface area contributed by atoms with Gasteiger partial charge in [-0.15, -0.1) is 11.8 Å². The Kier molecular flexibility index (Phi) is 5.80. The molecule has 1 aromatic carbocycles. The normalized spacial score (nSPS) is 18.4. The first-order chi connectivity index (χ1) is 10.2. The van der Waals surface area contributed by atoms with E-state index in [2.05, 4.69) is 10.5 Å². The van der Waals surface area contributed by atoms with Crippen molar-refractivity contribution >= 4 is 29.4 Å². The summed E-state index contributed by atoms with van der Waals surface area (Å²) in [4.78, 5) is 23.0. The third-order valence-corrected chi connectivity index (χ3v) is 4.15. The molecule has 5 nitrogen and oxygen atoms in total. The Balaban J connectivity index is 1.71. The Hall–Kier alpha value is -1.82. The summed E-state index contributed by atoms with van der Waals surface area (Å²) in [6.45, 7) is 2.16. The number of amides is 1. The highest BCUT2D eigenvalue weighted by Gasteiger charge is 2.29. The summed E-state index contributed by atoms with van der Waals surface area (Å²) < 4.78 is 4.87. The fourth-order valence-electron chi connectivity index (χ4n) is 1.97. The third kappa shape index (κ3) is 4.90. The van der Waals surface area contributed by atoms with Crippen molar-refractivity contribution in [2.45, 2.75) is 19.1 Å². The van der Waals surface area contributed by atoms with Gasteiger partial charge in [0.2, 0.25) is 5.91 Å². The van der Waals surface area contributed by atoms with Gasteiger partial charge >= 0.3 is 5.97 Å². The van der Waals surface area contributed by atoms with Gasteiger partial charge in [-0.05, 0) is 12.5 Å². The van der Waals surface area contributed by atoms with Crippen molar-refractivity contribution in [1.29, 1.82) is 0 Å². The first-order valence-electron chi connectivity index (χ1n) is 6.78. The van der Waals surface area contributed by atoms with Crippen LogP contribution in [0, 0.1) is 5.92 Å². The number of hydrogen-bond donors (Lipinski definition) is 1. The van der Waals surface area contributed by atoms with Crippen LogP contribution in [0.5, 0.6) is 0 Å². The molecule has 2 rings (SSSR count). The largest absolute Gasteiger partial charge is 0.465 e. The van der Waals surface area contributed by atoms with Crippen LogP contribution in [0.1, 0.15) is 18.9 Å². The highest BCUT2D eigenvalue weighted by molar-refractivity contribution is 7.99. The molecule has 1 heterocycles. The molecule has 1 fully saturated rings. The zero-order chi connectivity index (χ0) is 15.1. The number of nitrogens with one attached hydrogen (secondary N) is 1. The molecule has 1 aromatic rings. The van der Waals surface area contributed by atoms with Crippen LogP contribution in [-0.4, -0.2) is 29.9 Å². The summed E-state index contributed by atoms with van der Waals surface area (Å²) in [6, 6.07) is 9.97. The number of carbonyl (C=O) groups excluding carboxylic acids is 2. The minimum absolute atomic E-state index is 0.165. The van der Waals surface area contributed by atoms with Gasteiger partial charge in [-0.2, -0.15) is 5.10 Å². The minimum Gasteiger partial charge on any atom is -0.465 e. The molecule has 1 amide bonds. The van der Waals surface area contributed by atoms with Crippen LogP contribution in [0.2, 0.25) is 0 Å². The van der Waals surface area contributed by atoms with E-state index < -0.39 is 0 Å². The zero-order valence-corrected chi connectivity index (χ0v) is 12.7. The summed E-state index contributed by atoms with van der Waals surface area (Å²) >= 11 is 1.53. The van der Waals surface area contributed by atoms with Crippen LogP contribution in [0.4, 0.5) is 0 Å². The highest BCUT2D eigenvalue weighted by atomic mass is 32.2. The monoisotopic (exact) mass is 306 g/mol. The van der Waals surface area contributed by atoms with Crippen molar-refractivity contribution in [1.82, 2.24) is 5.43 Å². The molecule has 21 heavy (non-hydrogen) atoms. The molecule has 112 valence electrons. The zero-order valence-electron chi connectivity index (χ0n) is 11.9. The molecule has 1 aliphatic rings. The molecular formula is C15H18N2O3S. The second-order valence-electron chi connectivity index (χ2n) is 4.78. The van der Waals surface area contributed by atoms with E-state index in [1.165, 1.54) is 17.3 Å². The molecular weight excluding hydrogens is 288 g/mol. The molecule has 1 aliphatic heterocycles. The number of carbonyl (C=O) groups is 2. The second kappa shape index (κ2) is 7.83. The van der Waals surface area contributed by atoms with E-state index >= 15 is 0 Å². The maximum atomic E-state index is 11.7. The van der Waals surface area contributed by atoms with Gasteiger partial charge in [0.15, 0.2) is 0 Å². The van der Waals surface area contributed by atoms with Crippen molar-refractivity contribution in [3.05, 3.63) is 35.9 Å². The number of esters is 1. The predicted octanol–water partition coefficient (Wildman–Crippen LogP) is 1.98. The van der Waals surface area contributed by atoms with Gasteiger partial charge in [-0.25, -0.2) is 5.43 Å². The van der Waals surface area contributed by atoms with Gasteiger partial charge in [0, 0.05) is 17.9 Å². The van der Waals surface area contributed by atoms with Crippen molar-refractivity contribution in [3.8, 4) is 0 Å². The molecule has 0 bridgehead atoms. The summed E-state index contributed by atoms with van der Waals surface area (Å²) in [6.07, 6.45) is 0.632. The standard InChI is InChI=1S/C15H18N2O3S/c1-11(13-7-8-20-15(13)19)16-17-14(18)10-21-9-12-5-3-2-4-6-12/h2-6,13H,7-10H2,1H3,(H,17,18)/b16-11-/t13-/m1/s1. The quantitative estimate of drug-likeness (QED) is 0.496. The molecule has 0 unspecified atom stereocenters. The lowest BCUT2D eigenvalue weighted by molar-refractivity contribution is -0.139. The van der Waals surface area contributed by atoms with Crippen LogP contribution in [-0.2, 0) is 20.1 Å². The van der Waals surface area contributed by atoms with Crippen LogP contribution >= 0.6 is 11.8 Å². The summed E-state index contributed by atoms with van der Waals surface area (Å²) in [5.74, 6) is 0.375. The lowest BCUT2D eigenvalue weighted by Crippen LogP contribution is -2.25. The molecule has 6 heteroatoms. The number of hydrogen-bond acceptors (Lipinski definition) is 5. The predicted molar refractivity (Wildman–Crippen MR) is 82.9 cm³/mol. The summed E-state index contributed by atoms with van der Waals surface area (Å²) in [7, 11) is 0. The lowest BCUT2D eigenvalue weighted by atomic mass is 10.0. The van der Waals surface area contributed by atoms with Gasteiger partial charge in [-0.3, -0.25) is 9.59 Å². The highest BCUT2D eigenvalue weighted by Crippen LogP contribution is 2.16. The maximum absolute atomic E-state index is 11.7. The number of thioether (sulfide) groups is 1. The van der Waals surface area contributed by atoms with E-state index in [4.69, 9.17) is 4.74 Å². The van der Waals surface area contributed by atoms with E-state index in [1.54, 1.807) is 6.92 Å². The molecule has 1 atom stereocenters. The number of hydrazone groups is 1. The molecule has 0 spiro atoms. The number of cyclic esters (lactones) is 1. The van der Waals surface area contributed by atoms with Gasteiger partial charge in [-0.1, -0.05) is 30.3 Å². The van der Waals surface area contributed by atoms with Crippen molar-refractivity contribution in [2.75, 3.05) is 12.4 Å². The Morgan fingerprint density at radius 3 is 2.86 bits per heavy atom. The Bertz CT molecular complexity index is 531. The molecule has 1 N–H and O–H groups in total.